The quantitative estimate of drug-likeness (QED) is 0.834. The number of hydrogen-bond acceptors (Lipinski definition) is 3. The summed E-state index contributed by atoms with van der Waals surface area (Å²) in [6.45, 7) is 1.65. The summed E-state index contributed by atoms with van der Waals surface area (Å²) in [4.78, 5) is 0. The van der Waals surface area contributed by atoms with Gasteiger partial charge in [0.2, 0.25) is 0 Å². The van der Waals surface area contributed by atoms with E-state index in [4.69, 9.17) is 0 Å². The number of nitrogens with one attached hydrogen (secondary N) is 1. The van der Waals surface area contributed by atoms with Crippen molar-refractivity contribution >= 4 is 10.2 Å². The van der Waals surface area contributed by atoms with Crippen LogP contribution in [0.3, 0.4) is 0 Å². The van der Waals surface area contributed by atoms with Gasteiger partial charge in [0.25, 0.3) is 10.2 Å². The molecule has 0 unspecified atom stereocenters. The summed E-state index contributed by atoms with van der Waals surface area (Å²) in [7, 11) is -3.47. The fourth-order valence-electron chi connectivity index (χ4n) is 3.15. The van der Waals surface area contributed by atoms with Gasteiger partial charge in [-0.05, 0) is 30.9 Å². The topological polar surface area (TPSA) is 67.2 Å². The van der Waals surface area contributed by atoms with Crippen LogP contribution in [0.15, 0.2) is 48.8 Å². The molecule has 1 atom stereocenters. The molecule has 1 aromatic heterocycles. The molecule has 0 radical (unpaired) electrons. The number of benzene rings is 1. The van der Waals surface area contributed by atoms with E-state index in [2.05, 4.69) is 9.82 Å². The molecular weight excluding hydrogens is 324 g/mol. The van der Waals surface area contributed by atoms with Crippen LogP contribution < -0.4 is 4.72 Å². The van der Waals surface area contributed by atoms with Gasteiger partial charge in [0, 0.05) is 38.1 Å². The van der Waals surface area contributed by atoms with Gasteiger partial charge in [-0.25, -0.2) is 0 Å². The van der Waals surface area contributed by atoms with E-state index in [-0.39, 0.29) is 6.04 Å². The maximum Gasteiger partial charge on any atom is 0.280 e. The lowest BCUT2D eigenvalue weighted by Crippen LogP contribution is -2.49. The molecule has 0 aliphatic carbocycles. The summed E-state index contributed by atoms with van der Waals surface area (Å²) in [5.74, 6) is 0. The van der Waals surface area contributed by atoms with Gasteiger partial charge in [0.1, 0.15) is 0 Å². The van der Waals surface area contributed by atoms with Crippen molar-refractivity contribution in [2.75, 3.05) is 6.54 Å². The molecule has 6 nitrogen and oxygen atoms in total. The van der Waals surface area contributed by atoms with Crippen LogP contribution in [0, 0.1) is 0 Å². The van der Waals surface area contributed by atoms with Gasteiger partial charge in [-0.2, -0.15) is 22.5 Å². The molecular formula is C17H24N4O2S. The largest absolute Gasteiger partial charge is 0.280 e. The second-order valence-electron chi connectivity index (χ2n) is 6.13. The SMILES string of the molecule is O=S(=O)(NCc1ccccc1)N1CCCC[C@@H]1CCn1cccn1. The summed E-state index contributed by atoms with van der Waals surface area (Å²) < 4.78 is 31.7. The second-order valence-corrected chi connectivity index (χ2v) is 7.84. The fraction of sp³-hybridized carbons (Fsp3) is 0.471. The minimum Gasteiger partial charge on any atom is -0.273 e. The summed E-state index contributed by atoms with van der Waals surface area (Å²) >= 11 is 0. The normalized spacial score (nSPS) is 19.4. The highest BCUT2D eigenvalue weighted by Gasteiger charge is 2.31. The van der Waals surface area contributed by atoms with Gasteiger partial charge >= 0.3 is 0 Å². The van der Waals surface area contributed by atoms with Crippen LogP contribution >= 0.6 is 0 Å². The molecule has 1 aromatic carbocycles. The van der Waals surface area contributed by atoms with E-state index in [1.165, 1.54) is 0 Å². The van der Waals surface area contributed by atoms with E-state index in [9.17, 15) is 8.42 Å². The minimum atomic E-state index is -3.47. The predicted molar refractivity (Wildman–Crippen MR) is 93.4 cm³/mol. The molecule has 7 heteroatoms. The Kier molecular flexibility index (Phi) is 5.65. The molecule has 130 valence electrons. The van der Waals surface area contributed by atoms with Crippen LogP contribution in [-0.4, -0.2) is 35.1 Å². The van der Waals surface area contributed by atoms with Crippen molar-refractivity contribution in [3.05, 3.63) is 54.4 Å². The second kappa shape index (κ2) is 7.92. The molecule has 1 N–H and O–H groups in total. The predicted octanol–water partition coefficient (Wildman–Crippen LogP) is 2.16. The molecule has 0 bridgehead atoms. The Balaban J connectivity index is 1.62. The Morgan fingerprint density at radius 1 is 1.17 bits per heavy atom. The highest BCUT2D eigenvalue weighted by atomic mass is 32.2. The summed E-state index contributed by atoms with van der Waals surface area (Å²) in [5, 5.41) is 4.20. The van der Waals surface area contributed by atoms with E-state index in [1.54, 1.807) is 10.5 Å². The van der Waals surface area contributed by atoms with Gasteiger partial charge in [0.05, 0.1) is 0 Å². The third-order valence-electron chi connectivity index (χ3n) is 4.43. The van der Waals surface area contributed by atoms with E-state index in [0.29, 0.717) is 13.1 Å². The number of aromatic nitrogens is 2. The number of piperidine rings is 1. The molecule has 2 aromatic rings. The number of hydrogen-bond donors (Lipinski definition) is 1. The summed E-state index contributed by atoms with van der Waals surface area (Å²) in [6, 6.07) is 11.5. The van der Waals surface area contributed by atoms with Crippen LogP contribution in [-0.2, 0) is 23.3 Å². The Labute approximate surface area is 143 Å². The molecule has 3 rings (SSSR count). The lowest BCUT2D eigenvalue weighted by Gasteiger charge is -2.34. The smallest absolute Gasteiger partial charge is 0.273 e. The van der Waals surface area contributed by atoms with Crippen molar-refractivity contribution in [1.29, 1.82) is 0 Å². The van der Waals surface area contributed by atoms with Crippen molar-refractivity contribution in [1.82, 2.24) is 18.8 Å². The zero-order chi connectivity index (χ0) is 16.8. The average molecular weight is 348 g/mol. The van der Waals surface area contributed by atoms with Crippen LogP contribution in [0.4, 0.5) is 0 Å². The first-order valence-electron chi connectivity index (χ1n) is 8.43. The van der Waals surface area contributed by atoms with Crippen molar-refractivity contribution in [2.24, 2.45) is 0 Å². The molecule has 0 spiro atoms. The molecule has 1 fully saturated rings. The molecule has 1 aliphatic rings. The van der Waals surface area contributed by atoms with E-state index < -0.39 is 10.2 Å². The van der Waals surface area contributed by atoms with E-state index in [0.717, 1.165) is 37.8 Å². The molecule has 0 saturated carbocycles. The minimum absolute atomic E-state index is 0.0382. The van der Waals surface area contributed by atoms with Gasteiger partial charge < -0.3 is 0 Å². The van der Waals surface area contributed by atoms with Crippen LogP contribution in [0.2, 0.25) is 0 Å². The van der Waals surface area contributed by atoms with E-state index >= 15 is 0 Å². The molecule has 2 heterocycles. The lowest BCUT2D eigenvalue weighted by atomic mass is 10.0. The standard InChI is InChI=1S/C17H24N4O2S/c22-24(23,19-15-16-7-2-1-3-8-16)21-13-5-4-9-17(21)10-14-20-12-6-11-18-20/h1-3,6-8,11-12,17,19H,4-5,9-10,13-15H2/t17-/m1/s1. The van der Waals surface area contributed by atoms with Crippen LogP contribution in [0.1, 0.15) is 31.2 Å². The van der Waals surface area contributed by atoms with Crippen LogP contribution in [0.25, 0.3) is 0 Å². The van der Waals surface area contributed by atoms with Crippen LogP contribution in [0.5, 0.6) is 0 Å². The van der Waals surface area contributed by atoms with Crippen molar-refractivity contribution in [3.8, 4) is 0 Å². The lowest BCUT2D eigenvalue weighted by molar-refractivity contribution is 0.229. The Bertz CT molecular complexity index is 716. The molecule has 1 saturated heterocycles. The Morgan fingerprint density at radius 3 is 2.75 bits per heavy atom. The molecule has 1 aliphatic heterocycles. The zero-order valence-corrected chi connectivity index (χ0v) is 14.5. The first-order chi connectivity index (χ1) is 11.6. The number of aryl methyl sites for hydroxylation is 1. The highest BCUT2D eigenvalue weighted by molar-refractivity contribution is 7.87. The highest BCUT2D eigenvalue weighted by Crippen LogP contribution is 2.23. The fourth-order valence-corrected chi connectivity index (χ4v) is 4.63. The third-order valence-corrected chi connectivity index (χ3v) is 6.04. The van der Waals surface area contributed by atoms with Gasteiger partial charge in [-0.3, -0.25) is 4.68 Å². The maximum absolute atomic E-state index is 12.7. The molecule has 0 amide bonds. The van der Waals surface area contributed by atoms with Gasteiger partial charge in [-0.1, -0.05) is 36.8 Å². The maximum atomic E-state index is 12.7. The van der Waals surface area contributed by atoms with Crippen molar-refractivity contribution < 1.29 is 8.42 Å². The summed E-state index contributed by atoms with van der Waals surface area (Å²) in [6.07, 6.45) is 7.35. The van der Waals surface area contributed by atoms with Gasteiger partial charge in [-0.15, -0.1) is 0 Å². The first-order valence-corrected chi connectivity index (χ1v) is 9.87. The zero-order valence-electron chi connectivity index (χ0n) is 13.7. The number of nitrogens with zero attached hydrogens (tertiary/aromatic N) is 3. The third kappa shape index (κ3) is 4.43. The summed E-state index contributed by atoms with van der Waals surface area (Å²) in [5.41, 5.74) is 0.964. The van der Waals surface area contributed by atoms with Crippen molar-refractivity contribution in [2.45, 2.75) is 44.8 Å². The monoisotopic (exact) mass is 348 g/mol. The Morgan fingerprint density at radius 2 is 2.00 bits per heavy atom. The average Bonchev–Trinajstić information content (AvgIpc) is 3.13. The first kappa shape index (κ1) is 17.1. The Hall–Kier alpha value is -1.70. The molecule has 24 heavy (non-hydrogen) atoms. The van der Waals surface area contributed by atoms with E-state index in [1.807, 2.05) is 47.3 Å². The number of rotatable bonds is 7. The van der Waals surface area contributed by atoms with Gasteiger partial charge in [0.15, 0.2) is 0 Å². The van der Waals surface area contributed by atoms with Crippen molar-refractivity contribution in [3.63, 3.8) is 0 Å².